The van der Waals surface area contributed by atoms with Gasteiger partial charge in [-0.3, -0.25) is 4.79 Å². The van der Waals surface area contributed by atoms with Gasteiger partial charge in [0.15, 0.2) is 0 Å². The minimum atomic E-state index is -0.594. The van der Waals surface area contributed by atoms with Crippen LogP contribution in [0.1, 0.15) is 26.7 Å². The van der Waals surface area contributed by atoms with Crippen molar-refractivity contribution in [3.8, 4) is 0 Å². The van der Waals surface area contributed by atoms with Crippen LogP contribution in [0.5, 0.6) is 0 Å². The van der Waals surface area contributed by atoms with Gasteiger partial charge in [-0.15, -0.1) is 0 Å². The summed E-state index contributed by atoms with van der Waals surface area (Å²) < 4.78 is 0. The average molecular weight is 211 g/mol. The van der Waals surface area contributed by atoms with Gasteiger partial charge in [0.2, 0.25) is 0 Å². The Morgan fingerprint density at radius 1 is 1.33 bits per heavy atom. The highest BCUT2D eigenvalue weighted by molar-refractivity contribution is 5.75. The minimum absolute atomic E-state index is 0.0341. The Balaban J connectivity index is 1.98. The van der Waals surface area contributed by atoms with Crippen molar-refractivity contribution in [3.63, 3.8) is 0 Å². The van der Waals surface area contributed by atoms with Crippen molar-refractivity contribution in [2.45, 2.75) is 26.7 Å². The van der Waals surface area contributed by atoms with Gasteiger partial charge in [0.1, 0.15) is 0 Å². The van der Waals surface area contributed by atoms with E-state index < -0.39 is 5.97 Å². The maximum atomic E-state index is 11.1. The molecule has 0 aromatic heterocycles. The van der Waals surface area contributed by atoms with Gasteiger partial charge in [0.25, 0.3) is 0 Å². The number of nitrogens with zero attached hydrogens (tertiary/aromatic N) is 1. The molecule has 1 saturated carbocycles. The zero-order valence-electron chi connectivity index (χ0n) is 9.86. The number of carboxylic acids is 1. The predicted molar refractivity (Wildman–Crippen MR) is 58.6 cm³/mol. The first kappa shape index (κ1) is 10.9. The molecule has 1 N–H and O–H groups in total. The summed E-state index contributed by atoms with van der Waals surface area (Å²) in [5, 5.41) is 9.13. The van der Waals surface area contributed by atoms with Crippen molar-refractivity contribution in [1.82, 2.24) is 4.90 Å². The summed E-state index contributed by atoms with van der Waals surface area (Å²) >= 11 is 0. The number of carboxylic acid groups (broad SMARTS) is 1. The highest BCUT2D eigenvalue weighted by atomic mass is 16.4. The van der Waals surface area contributed by atoms with E-state index in [1.165, 1.54) is 12.8 Å². The van der Waals surface area contributed by atoms with Crippen LogP contribution in [0.2, 0.25) is 0 Å². The smallest absolute Gasteiger partial charge is 0.307 e. The number of carbonyl (C=O) groups is 1. The van der Waals surface area contributed by atoms with Gasteiger partial charge in [0.05, 0.1) is 5.92 Å². The maximum Gasteiger partial charge on any atom is 0.307 e. The molecule has 0 amide bonds. The molecular weight excluding hydrogens is 190 g/mol. The van der Waals surface area contributed by atoms with E-state index in [2.05, 4.69) is 25.8 Å². The topological polar surface area (TPSA) is 40.5 Å². The molecule has 1 aliphatic carbocycles. The minimum Gasteiger partial charge on any atom is -0.481 e. The largest absolute Gasteiger partial charge is 0.481 e. The summed E-state index contributed by atoms with van der Waals surface area (Å²) in [5.41, 5.74) is 0.0341. The lowest BCUT2D eigenvalue weighted by Crippen LogP contribution is -2.31. The van der Waals surface area contributed by atoms with E-state index in [0.29, 0.717) is 11.8 Å². The van der Waals surface area contributed by atoms with Crippen LogP contribution in [-0.2, 0) is 4.79 Å². The van der Waals surface area contributed by atoms with E-state index in [1.807, 2.05) is 0 Å². The molecule has 2 fully saturated rings. The molecule has 0 radical (unpaired) electrons. The molecule has 2 aliphatic rings. The Kier molecular flexibility index (Phi) is 2.53. The first-order chi connectivity index (χ1) is 6.94. The van der Waals surface area contributed by atoms with Crippen LogP contribution in [0, 0.1) is 23.2 Å². The van der Waals surface area contributed by atoms with Crippen LogP contribution in [0.15, 0.2) is 0 Å². The summed E-state index contributed by atoms with van der Waals surface area (Å²) in [6, 6.07) is 0. The van der Waals surface area contributed by atoms with Gasteiger partial charge in [-0.05, 0) is 50.2 Å². The number of likely N-dealkylation sites (tertiary alicyclic amines) is 1. The third kappa shape index (κ3) is 1.78. The summed E-state index contributed by atoms with van der Waals surface area (Å²) in [6.07, 6.45) is 2.35. The number of hydrogen-bond donors (Lipinski definition) is 1. The fourth-order valence-corrected chi connectivity index (χ4v) is 3.42. The van der Waals surface area contributed by atoms with E-state index in [-0.39, 0.29) is 11.3 Å². The van der Waals surface area contributed by atoms with Gasteiger partial charge < -0.3 is 10.0 Å². The van der Waals surface area contributed by atoms with Gasteiger partial charge in [-0.25, -0.2) is 0 Å². The molecule has 1 aliphatic heterocycles. The van der Waals surface area contributed by atoms with Crippen LogP contribution in [0.3, 0.4) is 0 Å². The van der Waals surface area contributed by atoms with E-state index in [1.54, 1.807) is 0 Å². The van der Waals surface area contributed by atoms with Crippen molar-refractivity contribution in [3.05, 3.63) is 0 Å². The van der Waals surface area contributed by atoms with Gasteiger partial charge in [0, 0.05) is 0 Å². The summed E-state index contributed by atoms with van der Waals surface area (Å²) in [7, 11) is 2.14. The maximum absolute atomic E-state index is 11.1. The van der Waals surface area contributed by atoms with E-state index >= 15 is 0 Å². The molecule has 3 heteroatoms. The molecule has 3 nitrogen and oxygen atoms in total. The molecule has 0 unspecified atom stereocenters. The fourth-order valence-electron chi connectivity index (χ4n) is 3.42. The van der Waals surface area contributed by atoms with E-state index in [4.69, 9.17) is 5.11 Å². The van der Waals surface area contributed by atoms with Crippen molar-refractivity contribution in [1.29, 1.82) is 0 Å². The molecule has 1 heterocycles. The lowest BCUT2D eigenvalue weighted by Gasteiger charge is -2.29. The average Bonchev–Trinajstić information content (AvgIpc) is 2.70. The molecule has 0 aromatic rings. The summed E-state index contributed by atoms with van der Waals surface area (Å²) in [5.74, 6) is 0.371. The normalized spacial score (nSPS) is 36.5. The molecule has 0 bridgehead atoms. The molecule has 0 aromatic carbocycles. The zero-order valence-corrected chi connectivity index (χ0v) is 9.86. The first-order valence-corrected chi connectivity index (χ1v) is 5.86. The molecule has 15 heavy (non-hydrogen) atoms. The number of hydrogen-bond acceptors (Lipinski definition) is 2. The Morgan fingerprint density at radius 3 is 2.27 bits per heavy atom. The van der Waals surface area contributed by atoms with Gasteiger partial charge in [-0.2, -0.15) is 0 Å². The quantitative estimate of drug-likeness (QED) is 0.755. The molecule has 2 atom stereocenters. The number of aliphatic carboxylic acids is 1. The lowest BCUT2D eigenvalue weighted by molar-refractivity contribution is -0.139. The van der Waals surface area contributed by atoms with Crippen molar-refractivity contribution in [2.24, 2.45) is 23.2 Å². The van der Waals surface area contributed by atoms with Crippen molar-refractivity contribution < 1.29 is 9.90 Å². The van der Waals surface area contributed by atoms with Crippen LogP contribution < -0.4 is 0 Å². The highest BCUT2D eigenvalue weighted by Gasteiger charge is 2.64. The van der Waals surface area contributed by atoms with E-state index in [0.717, 1.165) is 13.1 Å². The van der Waals surface area contributed by atoms with Gasteiger partial charge in [-0.1, -0.05) is 13.8 Å². The molecule has 2 rings (SSSR count). The second kappa shape index (κ2) is 3.48. The third-order valence-corrected chi connectivity index (χ3v) is 4.45. The monoisotopic (exact) mass is 211 g/mol. The van der Waals surface area contributed by atoms with E-state index in [9.17, 15) is 4.79 Å². The molecular formula is C12H21NO2. The van der Waals surface area contributed by atoms with Crippen LogP contribution in [0.4, 0.5) is 0 Å². The number of rotatable bonds is 2. The lowest BCUT2D eigenvalue weighted by atomic mass is 9.88. The van der Waals surface area contributed by atoms with Crippen LogP contribution in [0.25, 0.3) is 0 Å². The predicted octanol–water partition coefficient (Wildman–Crippen LogP) is 1.68. The second-order valence-electron chi connectivity index (χ2n) is 5.80. The SMILES string of the molecule is CN1CCC([C@@H]2[C@@H](C(=O)O)C2(C)C)CC1. The van der Waals surface area contributed by atoms with Crippen molar-refractivity contribution >= 4 is 5.97 Å². The first-order valence-electron chi connectivity index (χ1n) is 5.86. The molecule has 1 saturated heterocycles. The Labute approximate surface area is 91.5 Å². The van der Waals surface area contributed by atoms with Crippen LogP contribution in [-0.4, -0.2) is 36.1 Å². The highest BCUT2D eigenvalue weighted by Crippen LogP contribution is 2.63. The Hall–Kier alpha value is -0.570. The van der Waals surface area contributed by atoms with Crippen LogP contribution >= 0.6 is 0 Å². The summed E-state index contributed by atoms with van der Waals surface area (Å²) in [4.78, 5) is 13.4. The molecule has 0 spiro atoms. The Morgan fingerprint density at radius 2 is 1.87 bits per heavy atom. The molecule has 86 valence electrons. The second-order valence-corrected chi connectivity index (χ2v) is 5.80. The van der Waals surface area contributed by atoms with Gasteiger partial charge >= 0.3 is 5.97 Å². The summed E-state index contributed by atoms with van der Waals surface area (Å²) in [6.45, 7) is 6.47. The Bertz CT molecular complexity index is 267. The van der Waals surface area contributed by atoms with Crippen molar-refractivity contribution in [2.75, 3.05) is 20.1 Å². The standard InChI is InChI=1S/C12H21NO2/c1-12(2)9(10(12)11(14)15)8-4-6-13(3)7-5-8/h8-10H,4-7H2,1-3H3,(H,14,15)/t9-,10+/m1/s1. The third-order valence-electron chi connectivity index (χ3n) is 4.45. The zero-order chi connectivity index (χ0) is 11.2. The fraction of sp³-hybridized carbons (Fsp3) is 0.917. The number of piperidine rings is 1.